The van der Waals surface area contributed by atoms with Crippen LogP contribution in [0.15, 0.2) is 47.8 Å². The van der Waals surface area contributed by atoms with Crippen molar-refractivity contribution in [3.05, 3.63) is 70.9 Å². The first-order valence-electron chi connectivity index (χ1n) is 6.51. The van der Waals surface area contributed by atoms with Gasteiger partial charge in [-0.15, -0.1) is 11.3 Å². The number of amides is 1. The second-order valence-corrected chi connectivity index (χ2v) is 5.48. The summed E-state index contributed by atoms with van der Waals surface area (Å²) < 4.78 is 39.9. The van der Waals surface area contributed by atoms with Crippen LogP contribution >= 0.6 is 11.3 Å². The minimum atomic E-state index is -0.828. The number of benzene rings is 2. The minimum absolute atomic E-state index is 0.206. The third-order valence-corrected chi connectivity index (χ3v) is 3.78. The van der Waals surface area contributed by atoms with Crippen LogP contribution in [0.2, 0.25) is 0 Å². The smallest absolute Gasteiger partial charge is 0.260 e. The lowest BCUT2D eigenvalue weighted by atomic mass is 10.2. The zero-order valence-corrected chi connectivity index (χ0v) is 12.3. The zero-order valence-electron chi connectivity index (χ0n) is 11.5. The van der Waals surface area contributed by atoms with Gasteiger partial charge in [-0.2, -0.15) is 0 Å². The van der Waals surface area contributed by atoms with E-state index in [2.05, 4.69) is 10.3 Å². The molecule has 1 amide bonds. The van der Waals surface area contributed by atoms with E-state index in [1.165, 1.54) is 12.1 Å². The van der Waals surface area contributed by atoms with Crippen molar-refractivity contribution in [1.29, 1.82) is 0 Å². The highest BCUT2D eigenvalue weighted by Gasteiger charge is 2.15. The van der Waals surface area contributed by atoms with Gasteiger partial charge in [0.1, 0.15) is 17.5 Å². The Kier molecular flexibility index (Phi) is 4.12. The predicted octanol–water partition coefficient (Wildman–Crippen LogP) is 4.48. The van der Waals surface area contributed by atoms with E-state index in [9.17, 15) is 18.0 Å². The van der Waals surface area contributed by atoms with Crippen LogP contribution in [0.4, 0.5) is 18.3 Å². The van der Waals surface area contributed by atoms with Gasteiger partial charge < -0.3 is 0 Å². The second kappa shape index (κ2) is 6.21. The van der Waals surface area contributed by atoms with Gasteiger partial charge in [0, 0.05) is 10.9 Å². The number of nitrogens with zero attached hydrogens (tertiary/aromatic N) is 1. The number of carbonyl (C=O) groups excluding carboxylic acids is 1. The molecule has 0 atom stereocenters. The highest BCUT2D eigenvalue weighted by molar-refractivity contribution is 7.14. The van der Waals surface area contributed by atoms with Crippen molar-refractivity contribution in [1.82, 2.24) is 4.98 Å². The molecule has 7 heteroatoms. The Morgan fingerprint density at radius 1 is 1.04 bits per heavy atom. The summed E-state index contributed by atoms with van der Waals surface area (Å²) in [6.45, 7) is 0. The van der Waals surface area contributed by atoms with Gasteiger partial charge in [0.05, 0.1) is 11.3 Å². The van der Waals surface area contributed by atoms with E-state index in [0.717, 1.165) is 29.5 Å². The molecule has 116 valence electrons. The molecule has 1 aromatic heterocycles. The Hall–Kier alpha value is -2.67. The van der Waals surface area contributed by atoms with Gasteiger partial charge in [-0.3, -0.25) is 10.1 Å². The molecule has 23 heavy (non-hydrogen) atoms. The number of carbonyl (C=O) groups is 1. The number of aromatic nitrogens is 1. The van der Waals surface area contributed by atoms with E-state index in [-0.39, 0.29) is 5.13 Å². The van der Waals surface area contributed by atoms with Crippen LogP contribution in [-0.2, 0) is 0 Å². The molecule has 0 aliphatic heterocycles. The van der Waals surface area contributed by atoms with Gasteiger partial charge >= 0.3 is 0 Å². The first-order valence-corrected chi connectivity index (χ1v) is 7.39. The van der Waals surface area contributed by atoms with E-state index < -0.39 is 28.9 Å². The van der Waals surface area contributed by atoms with Crippen molar-refractivity contribution < 1.29 is 18.0 Å². The van der Waals surface area contributed by atoms with Gasteiger partial charge in [-0.25, -0.2) is 18.2 Å². The molecule has 0 radical (unpaired) electrons. The molecule has 0 unspecified atom stereocenters. The number of halogens is 3. The lowest BCUT2D eigenvalue weighted by molar-refractivity contribution is 0.102. The Morgan fingerprint density at radius 2 is 1.83 bits per heavy atom. The molecule has 3 rings (SSSR count). The minimum Gasteiger partial charge on any atom is -0.298 e. The van der Waals surface area contributed by atoms with Gasteiger partial charge in [0.15, 0.2) is 5.13 Å². The molecule has 0 aliphatic rings. The highest BCUT2D eigenvalue weighted by atomic mass is 32.1. The molecule has 0 saturated heterocycles. The van der Waals surface area contributed by atoms with E-state index in [1.54, 1.807) is 17.5 Å². The SMILES string of the molecule is O=C(Nc1nc(-c2cccc(F)c2)cs1)c1cc(F)ccc1F. The number of hydrogen-bond acceptors (Lipinski definition) is 3. The van der Waals surface area contributed by atoms with Crippen LogP contribution in [0.3, 0.4) is 0 Å². The summed E-state index contributed by atoms with van der Waals surface area (Å²) in [5.41, 5.74) is 0.621. The Balaban J connectivity index is 1.81. The van der Waals surface area contributed by atoms with Crippen LogP contribution < -0.4 is 5.32 Å². The van der Waals surface area contributed by atoms with E-state index in [0.29, 0.717) is 11.3 Å². The normalized spacial score (nSPS) is 10.6. The van der Waals surface area contributed by atoms with Crippen molar-refractivity contribution in [2.24, 2.45) is 0 Å². The number of rotatable bonds is 3. The summed E-state index contributed by atoms with van der Waals surface area (Å²) in [6.07, 6.45) is 0. The van der Waals surface area contributed by atoms with Crippen molar-refractivity contribution >= 4 is 22.4 Å². The Morgan fingerprint density at radius 3 is 2.61 bits per heavy atom. The average Bonchev–Trinajstić information content (AvgIpc) is 2.98. The van der Waals surface area contributed by atoms with Gasteiger partial charge in [-0.1, -0.05) is 12.1 Å². The second-order valence-electron chi connectivity index (χ2n) is 4.63. The molecule has 1 heterocycles. The number of nitrogens with one attached hydrogen (secondary N) is 1. The molecule has 0 spiro atoms. The van der Waals surface area contributed by atoms with Crippen LogP contribution in [0.1, 0.15) is 10.4 Å². The monoisotopic (exact) mass is 334 g/mol. The summed E-state index contributed by atoms with van der Waals surface area (Å²) in [7, 11) is 0. The van der Waals surface area contributed by atoms with Crippen LogP contribution in [0.25, 0.3) is 11.3 Å². The lowest BCUT2D eigenvalue weighted by Crippen LogP contribution is -2.13. The fraction of sp³-hybridized carbons (Fsp3) is 0. The molecule has 0 aliphatic carbocycles. The maximum atomic E-state index is 13.6. The summed E-state index contributed by atoms with van der Waals surface area (Å²) in [4.78, 5) is 16.1. The first-order chi connectivity index (χ1) is 11.0. The van der Waals surface area contributed by atoms with E-state index in [1.807, 2.05) is 0 Å². The summed E-state index contributed by atoms with van der Waals surface area (Å²) in [5, 5.41) is 4.24. The largest absolute Gasteiger partial charge is 0.298 e. The van der Waals surface area contributed by atoms with Gasteiger partial charge in [0.25, 0.3) is 5.91 Å². The van der Waals surface area contributed by atoms with E-state index >= 15 is 0 Å². The fourth-order valence-electron chi connectivity index (χ4n) is 1.95. The topological polar surface area (TPSA) is 42.0 Å². The highest BCUT2D eigenvalue weighted by Crippen LogP contribution is 2.25. The standard InChI is InChI=1S/C16H9F3N2OS/c17-10-3-1-2-9(6-10)14-8-23-16(20-14)21-15(22)12-7-11(18)4-5-13(12)19/h1-8H,(H,20,21,22). The quantitative estimate of drug-likeness (QED) is 0.767. The van der Waals surface area contributed by atoms with Crippen molar-refractivity contribution in [3.8, 4) is 11.3 Å². The summed E-state index contributed by atoms with van der Waals surface area (Å²) >= 11 is 1.10. The third kappa shape index (κ3) is 3.40. The zero-order chi connectivity index (χ0) is 16.4. The molecule has 1 N–H and O–H groups in total. The van der Waals surface area contributed by atoms with Crippen LogP contribution in [0, 0.1) is 17.5 Å². The maximum absolute atomic E-state index is 13.6. The van der Waals surface area contributed by atoms with Crippen LogP contribution in [0.5, 0.6) is 0 Å². The first kappa shape index (κ1) is 15.2. The third-order valence-electron chi connectivity index (χ3n) is 3.02. The maximum Gasteiger partial charge on any atom is 0.260 e. The molecular weight excluding hydrogens is 325 g/mol. The summed E-state index contributed by atoms with van der Waals surface area (Å²) in [6, 6.07) is 8.46. The molecule has 3 aromatic rings. The predicted molar refractivity (Wildman–Crippen MR) is 81.8 cm³/mol. The van der Waals surface area contributed by atoms with Gasteiger partial charge in [0.2, 0.25) is 0 Å². The molecule has 2 aromatic carbocycles. The molecule has 0 fully saturated rings. The average molecular weight is 334 g/mol. The number of thiazole rings is 1. The Labute approximate surface area is 133 Å². The number of anilines is 1. The lowest BCUT2D eigenvalue weighted by Gasteiger charge is -2.03. The van der Waals surface area contributed by atoms with Gasteiger partial charge in [-0.05, 0) is 30.3 Å². The molecular formula is C16H9F3N2OS. The number of hydrogen-bond donors (Lipinski definition) is 1. The molecule has 0 saturated carbocycles. The fourth-order valence-corrected chi connectivity index (χ4v) is 2.66. The summed E-state index contributed by atoms with van der Waals surface area (Å²) in [5.74, 6) is -2.74. The van der Waals surface area contributed by atoms with Crippen molar-refractivity contribution in [2.45, 2.75) is 0 Å². The van der Waals surface area contributed by atoms with E-state index in [4.69, 9.17) is 0 Å². The van der Waals surface area contributed by atoms with Crippen molar-refractivity contribution in [3.63, 3.8) is 0 Å². The molecule has 0 bridgehead atoms. The Bertz CT molecular complexity index is 879. The molecule has 3 nitrogen and oxygen atoms in total. The van der Waals surface area contributed by atoms with Crippen molar-refractivity contribution in [2.75, 3.05) is 5.32 Å². The van der Waals surface area contributed by atoms with Crippen LogP contribution in [-0.4, -0.2) is 10.9 Å².